The fourth-order valence-electron chi connectivity index (χ4n) is 3.24. The number of benzene rings is 2. The van der Waals surface area contributed by atoms with Crippen LogP contribution in [-0.2, 0) is 11.3 Å². The van der Waals surface area contributed by atoms with Crippen LogP contribution in [0.4, 0.5) is 10.8 Å². The molecule has 3 aromatic rings. The maximum absolute atomic E-state index is 11.9. The van der Waals surface area contributed by atoms with E-state index in [9.17, 15) is 4.79 Å². The molecule has 27 heavy (non-hydrogen) atoms. The number of rotatable bonds is 6. The molecule has 0 saturated carbocycles. The Labute approximate surface area is 162 Å². The number of amides is 1. The Bertz CT molecular complexity index is 937. The molecule has 0 unspecified atom stereocenters. The van der Waals surface area contributed by atoms with Gasteiger partial charge in [0.25, 0.3) is 0 Å². The van der Waals surface area contributed by atoms with Crippen LogP contribution in [0, 0.1) is 0 Å². The van der Waals surface area contributed by atoms with Crippen molar-refractivity contribution in [3.05, 3.63) is 59.5 Å². The molecule has 1 amide bonds. The van der Waals surface area contributed by atoms with E-state index in [1.807, 2.05) is 58.8 Å². The van der Waals surface area contributed by atoms with E-state index in [2.05, 4.69) is 10.3 Å². The Morgan fingerprint density at radius 1 is 1.19 bits per heavy atom. The smallest absolute Gasteiger partial charge is 0.227 e. The van der Waals surface area contributed by atoms with Crippen LogP contribution >= 0.6 is 11.3 Å². The average molecular weight is 379 g/mol. The van der Waals surface area contributed by atoms with Gasteiger partial charge in [0.05, 0.1) is 12.8 Å². The van der Waals surface area contributed by atoms with Gasteiger partial charge in [-0.3, -0.25) is 4.79 Å². The second-order valence-corrected chi connectivity index (χ2v) is 7.26. The molecule has 0 aliphatic carbocycles. The minimum Gasteiger partial charge on any atom is -0.496 e. The topological polar surface area (TPSA) is 54.5 Å². The number of anilines is 2. The molecule has 5 nitrogen and oxygen atoms in total. The third-order valence-corrected chi connectivity index (χ3v) is 5.47. The number of hydrogen-bond donors (Lipinski definition) is 1. The van der Waals surface area contributed by atoms with Crippen LogP contribution in [0.3, 0.4) is 0 Å². The predicted molar refractivity (Wildman–Crippen MR) is 109 cm³/mol. The highest BCUT2D eigenvalue weighted by atomic mass is 32.1. The van der Waals surface area contributed by atoms with E-state index in [0.717, 1.165) is 46.4 Å². The summed E-state index contributed by atoms with van der Waals surface area (Å²) in [5.74, 6) is 1.08. The van der Waals surface area contributed by atoms with Crippen LogP contribution in [0.15, 0.2) is 53.9 Å². The number of nitrogens with one attached hydrogen (secondary N) is 1. The lowest BCUT2D eigenvalue weighted by Crippen LogP contribution is -2.23. The van der Waals surface area contributed by atoms with Crippen LogP contribution in [0.1, 0.15) is 18.4 Å². The van der Waals surface area contributed by atoms with Crippen LogP contribution < -0.4 is 15.0 Å². The van der Waals surface area contributed by atoms with Crippen molar-refractivity contribution in [1.29, 1.82) is 0 Å². The first-order chi connectivity index (χ1) is 13.2. The molecule has 2 aromatic carbocycles. The maximum atomic E-state index is 11.9. The molecule has 0 atom stereocenters. The normalized spacial score (nSPS) is 13.8. The molecule has 2 heterocycles. The molecule has 1 fully saturated rings. The SMILES string of the molecule is COc1ccccc1CNc1nc(-c2ccc(N3CCCC3=O)cc2)cs1. The standard InChI is InChI=1S/C21H21N3O2S/c1-26-19-6-3-2-5-16(19)13-22-21-23-18(14-27-21)15-8-10-17(11-9-15)24-12-4-7-20(24)25/h2-3,5-6,8-11,14H,4,7,12-13H2,1H3,(H,22,23). The van der Waals surface area contributed by atoms with E-state index in [4.69, 9.17) is 4.74 Å². The lowest BCUT2D eigenvalue weighted by Gasteiger charge is -2.15. The number of thiazole rings is 1. The van der Waals surface area contributed by atoms with Crippen molar-refractivity contribution in [2.45, 2.75) is 19.4 Å². The summed E-state index contributed by atoms with van der Waals surface area (Å²) in [7, 11) is 1.68. The fraction of sp³-hybridized carbons (Fsp3) is 0.238. The van der Waals surface area contributed by atoms with Crippen molar-refractivity contribution < 1.29 is 9.53 Å². The summed E-state index contributed by atoms with van der Waals surface area (Å²) in [5, 5.41) is 6.27. The number of hydrogen-bond acceptors (Lipinski definition) is 5. The summed E-state index contributed by atoms with van der Waals surface area (Å²) < 4.78 is 5.38. The van der Waals surface area contributed by atoms with E-state index in [0.29, 0.717) is 13.0 Å². The fourth-order valence-corrected chi connectivity index (χ4v) is 3.96. The number of carbonyl (C=O) groups excluding carboxylic acids is 1. The molecule has 1 aromatic heterocycles. The molecule has 6 heteroatoms. The highest BCUT2D eigenvalue weighted by molar-refractivity contribution is 7.14. The quantitative estimate of drug-likeness (QED) is 0.682. The molecule has 4 rings (SSSR count). The van der Waals surface area contributed by atoms with Crippen molar-refractivity contribution in [3.63, 3.8) is 0 Å². The van der Waals surface area contributed by atoms with Crippen molar-refractivity contribution >= 4 is 28.1 Å². The first-order valence-corrected chi connectivity index (χ1v) is 9.84. The van der Waals surface area contributed by atoms with Gasteiger partial charge in [0.2, 0.25) is 5.91 Å². The molecule has 0 bridgehead atoms. The Kier molecular flexibility index (Phi) is 5.07. The van der Waals surface area contributed by atoms with E-state index < -0.39 is 0 Å². The average Bonchev–Trinajstić information content (AvgIpc) is 3.36. The van der Waals surface area contributed by atoms with E-state index in [1.54, 1.807) is 18.4 Å². The second kappa shape index (κ2) is 7.80. The van der Waals surface area contributed by atoms with Crippen LogP contribution in [0.2, 0.25) is 0 Å². The van der Waals surface area contributed by atoms with E-state index >= 15 is 0 Å². The number of carbonyl (C=O) groups is 1. The summed E-state index contributed by atoms with van der Waals surface area (Å²) in [6.45, 7) is 1.47. The third kappa shape index (κ3) is 3.80. The highest BCUT2D eigenvalue weighted by Crippen LogP contribution is 2.29. The summed E-state index contributed by atoms with van der Waals surface area (Å²) >= 11 is 1.58. The van der Waals surface area contributed by atoms with E-state index in [-0.39, 0.29) is 5.91 Å². The molecule has 1 aliphatic heterocycles. The molecule has 0 radical (unpaired) electrons. The maximum Gasteiger partial charge on any atom is 0.227 e. The minimum absolute atomic E-state index is 0.208. The van der Waals surface area contributed by atoms with Gasteiger partial charge in [-0.2, -0.15) is 0 Å². The summed E-state index contributed by atoms with van der Waals surface area (Å²) in [5.41, 5.74) is 4.04. The van der Waals surface area contributed by atoms with Crippen LogP contribution in [-0.4, -0.2) is 24.5 Å². The third-order valence-electron chi connectivity index (χ3n) is 4.67. The van der Waals surface area contributed by atoms with Crippen molar-refractivity contribution in [2.24, 2.45) is 0 Å². The van der Waals surface area contributed by atoms with Crippen LogP contribution in [0.25, 0.3) is 11.3 Å². The number of aromatic nitrogens is 1. The zero-order valence-electron chi connectivity index (χ0n) is 15.1. The van der Waals surface area contributed by atoms with Gasteiger partial charge in [-0.25, -0.2) is 4.98 Å². The van der Waals surface area contributed by atoms with Gasteiger partial charge >= 0.3 is 0 Å². The van der Waals surface area contributed by atoms with Gasteiger partial charge in [0, 0.05) is 41.7 Å². The number of para-hydroxylation sites is 1. The molecular formula is C21H21N3O2S. The lowest BCUT2D eigenvalue weighted by molar-refractivity contribution is -0.117. The molecule has 1 saturated heterocycles. The van der Waals surface area contributed by atoms with Gasteiger partial charge < -0.3 is 15.0 Å². The van der Waals surface area contributed by atoms with Crippen LogP contribution in [0.5, 0.6) is 5.75 Å². The second-order valence-electron chi connectivity index (χ2n) is 6.40. The molecule has 1 aliphatic rings. The summed E-state index contributed by atoms with van der Waals surface area (Å²) in [6.07, 6.45) is 1.59. The Balaban J connectivity index is 1.44. The lowest BCUT2D eigenvalue weighted by atomic mass is 10.1. The molecule has 0 spiro atoms. The number of nitrogens with zero attached hydrogens (tertiary/aromatic N) is 2. The molecule has 138 valence electrons. The van der Waals surface area contributed by atoms with Gasteiger partial charge in [-0.05, 0) is 24.6 Å². The van der Waals surface area contributed by atoms with Crippen molar-refractivity contribution in [1.82, 2.24) is 4.98 Å². The summed E-state index contributed by atoms with van der Waals surface area (Å²) in [4.78, 5) is 18.4. The van der Waals surface area contributed by atoms with Gasteiger partial charge in [0.15, 0.2) is 5.13 Å². The molecule has 1 N–H and O–H groups in total. The first-order valence-electron chi connectivity index (χ1n) is 8.97. The van der Waals surface area contributed by atoms with Crippen molar-refractivity contribution in [3.8, 4) is 17.0 Å². The minimum atomic E-state index is 0.208. The highest BCUT2D eigenvalue weighted by Gasteiger charge is 2.21. The van der Waals surface area contributed by atoms with E-state index in [1.165, 1.54) is 0 Å². The predicted octanol–water partition coefficient (Wildman–Crippen LogP) is 4.56. The van der Waals surface area contributed by atoms with Gasteiger partial charge in [-0.1, -0.05) is 30.3 Å². The monoisotopic (exact) mass is 379 g/mol. The number of ether oxygens (including phenoxy) is 1. The van der Waals surface area contributed by atoms with Gasteiger partial charge in [-0.15, -0.1) is 11.3 Å². The Morgan fingerprint density at radius 2 is 2.00 bits per heavy atom. The zero-order chi connectivity index (χ0) is 18.6. The van der Waals surface area contributed by atoms with Crippen molar-refractivity contribution in [2.75, 3.05) is 23.9 Å². The first kappa shape index (κ1) is 17.5. The summed E-state index contributed by atoms with van der Waals surface area (Å²) in [6, 6.07) is 16.0. The number of methoxy groups -OCH3 is 1. The largest absolute Gasteiger partial charge is 0.496 e. The Morgan fingerprint density at radius 3 is 2.74 bits per heavy atom. The zero-order valence-corrected chi connectivity index (χ0v) is 16.0. The Hall–Kier alpha value is -2.86. The van der Waals surface area contributed by atoms with Gasteiger partial charge in [0.1, 0.15) is 5.75 Å². The molecular weight excluding hydrogens is 358 g/mol.